The molecule has 1 heterocycles. The van der Waals surface area contributed by atoms with Crippen molar-refractivity contribution in [2.45, 2.75) is 40.0 Å². The maximum atomic E-state index is 11.5. The molecular formula is C13H22ClN3O. The van der Waals surface area contributed by atoms with Crippen LogP contribution in [-0.2, 0) is 7.05 Å². The van der Waals surface area contributed by atoms with Gasteiger partial charge in [0, 0.05) is 13.6 Å². The minimum Gasteiger partial charge on any atom is -0.382 e. The molecule has 0 aliphatic rings. The molecule has 0 aliphatic carbocycles. The molecule has 5 heteroatoms. The zero-order valence-corrected chi connectivity index (χ0v) is 12.3. The zero-order chi connectivity index (χ0) is 13.8. The Morgan fingerprint density at radius 1 is 1.39 bits per heavy atom. The number of hydrogen-bond acceptors (Lipinski definition) is 3. The van der Waals surface area contributed by atoms with E-state index in [1.807, 2.05) is 0 Å². The quantitative estimate of drug-likeness (QED) is 0.838. The Kier molecular flexibility index (Phi) is 5.20. The molecule has 0 bridgehead atoms. The predicted octanol–water partition coefficient (Wildman–Crippen LogP) is 3.06. The van der Waals surface area contributed by atoms with E-state index in [0.29, 0.717) is 11.1 Å². The summed E-state index contributed by atoms with van der Waals surface area (Å²) in [4.78, 5) is 11.5. The highest BCUT2D eigenvalue weighted by Crippen LogP contribution is 2.21. The number of hydrogen-bond donors (Lipinski definition) is 1. The lowest BCUT2D eigenvalue weighted by molar-refractivity contribution is 0.362. The molecule has 0 saturated carbocycles. The molecule has 102 valence electrons. The average molecular weight is 272 g/mol. The fraction of sp³-hybridized carbons (Fsp3) is 0.692. The molecule has 1 aromatic heterocycles. The molecule has 1 N–H and O–H groups in total. The van der Waals surface area contributed by atoms with Crippen LogP contribution in [0.1, 0.15) is 40.0 Å². The molecule has 1 rings (SSSR count). The first-order valence-electron chi connectivity index (χ1n) is 6.27. The summed E-state index contributed by atoms with van der Waals surface area (Å²) in [6.45, 7) is 7.52. The van der Waals surface area contributed by atoms with Crippen LogP contribution in [0, 0.1) is 5.41 Å². The fourth-order valence-corrected chi connectivity index (χ4v) is 1.88. The van der Waals surface area contributed by atoms with Gasteiger partial charge >= 0.3 is 0 Å². The normalized spacial score (nSPS) is 11.6. The number of unbranched alkanes of at least 4 members (excludes halogenated alkanes) is 1. The molecule has 0 aromatic carbocycles. The molecule has 0 fully saturated rings. The second-order valence-electron chi connectivity index (χ2n) is 5.75. The van der Waals surface area contributed by atoms with Crippen LogP contribution in [0.5, 0.6) is 0 Å². The number of anilines is 1. The van der Waals surface area contributed by atoms with Gasteiger partial charge in [-0.2, -0.15) is 5.10 Å². The van der Waals surface area contributed by atoms with Crippen LogP contribution in [0.2, 0.25) is 5.02 Å². The van der Waals surface area contributed by atoms with Gasteiger partial charge in [0.2, 0.25) is 0 Å². The molecule has 0 saturated heterocycles. The number of nitrogens with one attached hydrogen (secondary N) is 1. The van der Waals surface area contributed by atoms with E-state index in [0.717, 1.165) is 19.4 Å². The first-order valence-corrected chi connectivity index (χ1v) is 6.65. The van der Waals surface area contributed by atoms with Gasteiger partial charge in [-0.15, -0.1) is 0 Å². The van der Waals surface area contributed by atoms with Gasteiger partial charge < -0.3 is 5.32 Å². The maximum absolute atomic E-state index is 11.5. The third-order valence-corrected chi connectivity index (χ3v) is 3.11. The highest BCUT2D eigenvalue weighted by atomic mass is 35.5. The van der Waals surface area contributed by atoms with Crippen LogP contribution in [0.3, 0.4) is 0 Å². The van der Waals surface area contributed by atoms with E-state index in [1.165, 1.54) is 11.1 Å². The number of aromatic nitrogens is 2. The minimum absolute atomic E-state index is 0.211. The summed E-state index contributed by atoms with van der Waals surface area (Å²) in [6.07, 6.45) is 5.00. The van der Waals surface area contributed by atoms with Gasteiger partial charge in [0.05, 0.1) is 11.9 Å². The summed E-state index contributed by atoms with van der Waals surface area (Å²) in [5, 5.41) is 7.31. The van der Waals surface area contributed by atoms with Gasteiger partial charge in [0.25, 0.3) is 5.56 Å². The topological polar surface area (TPSA) is 46.9 Å². The Bertz CT molecular complexity index is 449. The first kappa shape index (κ1) is 15.0. The summed E-state index contributed by atoms with van der Waals surface area (Å²) in [7, 11) is 1.58. The molecule has 18 heavy (non-hydrogen) atoms. The fourth-order valence-electron chi connectivity index (χ4n) is 1.64. The van der Waals surface area contributed by atoms with Crippen molar-refractivity contribution in [1.82, 2.24) is 9.78 Å². The van der Waals surface area contributed by atoms with Crippen molar-refractivity contribution >= 4 is 17.3 Å². The van der Waals surface area contributed by atoms with Crippen LogP contribution < -0.4 is 10.9 Å². The van der Waals surface area contributed by atoms with Crippen LogP contribution in [-0.4, -0.2) is 16.3 Å². The lowest BCUT2D eigenvalue weighted by Crippen LogP contribution is -2.21. The summed E-state index contributed by atoms with van der Waals surface area (Å²) < 4.78 is 1.23. The van der Waals surface area contributed by atoms with E-state index in [9.17, 15) is 4.79 Å². The lowest BCUT2D eigenvalue weighted by Gasteiger charge is -2.17. The van der Waals surface area contributed by atoms with Gasteiger partial charge in [-0.3, -0.25) is 4.79 Å². The van der Waals surface area contributed by atoms with E-state index in [2.05, 4.69) is 31.2 Å². The molecule has 0 aliphatic heterocycles. The molecule has 0 spiro atoms. The average Bonchev–Trinajstić information content (AvgIpc) is 2.27. The van der Waals surface area contributed by atoms with Gasteiger partial charge in [0.15, 0.2) is 0 Å². The largest absolute Gasteiger partial charge is 0.382 e. The van der Waals surface area contributed by atoms with Gasteiger partial charge in [-0.1, -0.05) is 38.8 Å². The molecule has 4 nitrogen and oxygen atoms in total. The predicted molar refractivity (Wildman–Crippen MR) is 76.3 cm³/mol. The van der Waals surface area contributed by atoms with E-state index in [1.54, 1.807) is 13.2 Å². The summed E-state index contributed by atoms with van der Waals surface area (Å²) >= 11 is 5.95. The van der Waals surface area contributed by atoms with Crippen LogP contribution in [0.25, 0.3) is 0 Å². The molecule has 0 amide bonds. The van der Waals surface area contributed by atoms with Crippen molar-refractivity contribution in [3.05, 3.63) is 21.6 Å². The van der Waals surface area contributed by atoms with Crippen LogP contribution >= 0.6 is 11.6 Å². The molecule has 0 atom stereocenters. The molecule has 1 aromatic rings. The molecular weight excluding hydrogens is 250 g/mol. The SMILES string of the molecule is Cn1ncc(NCCCCC(C)(C)C)c(Cl)c1=O. The summed E-state index contributed by atoms with van der Waals surface area (Å²) in [6, 6.07) is 0. The molecule has 0 unspecified atom stereocenters. The second kappa shape index (κ2) is 6.23. The van der Waals surface area contributed by atoms with Crippen molar-refractivity contribution in [1.29, 1.82) is 0 Å². The van der Waals surface area contributed by atoms with Crippen molar-refractivity contribution in [3.8, 4) is 0 Å². The van der Waals surface area contributed by atoms with E-state index < -0.39 is 0 Å². The number of halogens is 1. The zero-order valence-electron chi connectivity index (χ0n) is 11.6. The first-order chi connectivity index (χ1) is 8.31. The summed E-state index contributed by atoms with van der Waals surface area (Å²) in [5.41, 5.74) is 0.730. The standard InChI is InChI=1S/C13H22ClN3O/c1-13(2,3)7-5-6-8-15-10-9-16-17(4)12(18)11(10)14/h9,15H,5-8H2,1-4H3. The number of rotatable bonds is 5. The van der Waals surface area contributed by atoms with Crippen molar-refractivity contribution in [3.63, 3.8) is 0 Å². The van der Waals surface area contributed by atoms with Gasteiger partial charge in [-0.25, -0.2) is 4.68 Å². The van der Waals surface area contributed by atoms with E-state index >= 15 is 0 Å². The Labute approximate surface area is 113 Å². The summed E-state index contributed by atoms with van der Waals surface area (Å²) in [5.74, 6) is 0. The highest BCUT2D eigenvalue weighted by Gasteiger charge is 2.09. The van der Waals surface area contributed by atoms with Crippen LogP contribution in [0.4, 0.5) is 5.69 Å². The van der Waals surface area contributed by atoms with E-state index in [4.69, 9.17) is 11.6 Å². The lowest BCUT2D eigenvalue weighted by atomic mass is 9.90. The Balaban J connectivity index is 2.41. The molecule has 0 radical (unpaired) electrons. The number of nitrogens with zero attached hydrogens (tertiary/aromatic N) is 2. The van der Waals surface area contributed by atoms with Crippen molar-refractivity contribution in [2.24, 2.45) is 12.5 Å². The highest BCUT2D eigenvalue weighted by molar-refractivity contribution is 6.32. The Morgan fingerprint density at radius 2 is 2.06 bits per heavy atom. The third kappa shape index (κ3) is 4.69. The number of aryl methyl sites for hydroxylation is 1. The monoisotopic (exact) mass is 271 g/mol. The maximum Gasteiger partial charge on any atom is 0.287 e. The third-order valence-electron chi connectivity index (χ3n) is 2.75. The smallest absolute Gasteiger partial charge is 0.287 e. The van der Waals surface area contributed by atoms with Crippen molar-refractivity contribution in [2.75, 3.05) is 11.9 Å². The minimum atomic E-state index is -0.267. The van der Waals surface area contributed by atoms with E-state index in [-0.39, 0.29) is 10.6 Å². The van der Waals surface area contributed by atoms with Gasteiger partial charge in [-0.05, 0) is 18.3 Å². The van der Waals surface area contributed by atoms with Gasteiger partial charge in [0.1, 0.15) is 5.02 Å². The Morgan fingerprint density at radius 3 is 2.67 bits per heavy atom. The van der Waals surface area contributed by atoms with Crippen molar-refractivity contribution < 1.29 is 0 Å². The second-order valence-corrected chi connectivity index (χ2v) is 6.12. The van der Waals surface area contributed by atoms with Crippen LogP contribution in [0.15, 0.2) is 11.0 Å². The Hall–Kier alpha value is -1.03.